The molecule has 5 rings (SSSR count). The Bertz CT molecular complexity index is 1550. The molecule has 0 aliphatic carbocycles. The van der Waals surface area contributed by atoms with Gasteiger partial charge in [0, 0.05) is 29.4 Å². The molecule has 3 aromatic carbocycles. The molecule has 1 aliphatic heterocycles. The lowest BCUT2D eigenvalue weighted by atomic mass is 9.93. The van der Waals surface area contributed by atoms with Gasteiger partial charge in [0.2, 0.25) is 5.95 Å². The summed E-state index contributed by atoms with van der Waals surface area (Å²) in [5.41, 5.74) is 0.0856. The van der Waals surface area contributed by atoms with Crippen molar-refractivity contribution in [3.05, 3.63) is 88.7 Å². The Morgan fingerprint density at radius 1 is 1.20 bits per heavy atom. The molecule has 0 fully saturated rings. The molecule has 0 spiro atoms. The van der Waals surface area contributed by atoms with Gasteiger partial charge in [-0.15, -0.1) is 18.8 Å². The van der Waals surface area contributed by atoms with E-state index in [9.17, 15) is 24.2 Å². The number of imidazole rings is 1. The van der Waals surface area contributed by atoms with Gasteiger partial charge in [0.15, 0.2) is 5.72 Å². The van der Waals surface area contributed by atoms with E-state index in [2.05, 4.69) is 15.9 Å². The standard InChI is InChI=1S/C25H17FN4O4.ClH/c1-3-14-12-16(9-10-19(14)26)30-22(31)17-6-4-5-7-18(17)25(30,34)15-8-11-20-21(13-15)28-23(27-20)29(2)24(32)33;/h1,4-13,34H,2H3,(H,27,28)(H,32,33);1H. The lowest BCUT2D eigenvalue weighted by molar-refractivity contribution is 0.0704. The molecular weight excluding hydrogens is 475 g/mol. The van der Waals surface area contributed by atoms with Crippen LogP contribution in [0.25, 0.3) is 11.0 Å². The molecule has 35 heavy (non-hydrogen) atoms. The highest BCUT2D eigenvalue weighted by Crippen LogP contribution is 2.45. The number of amides is 2. The van der Waals surface area contributed by atoms with E-state index in [0.717, 1.165) is 11.0 Å². The van der Waals surface area contributed by atoms with Crippen molar-refractivity contribution >= 4 is 47.1 Å². The Balaban J connectivity index is 0.00000289. The molecule has 1 aliphatic rings. The number of rotatable bonds is 3. The highest BCUT2D eigenvalue weighted by atomic mass is 35.5. The smallest absolute Gasteiger partial charge is 0.413 e. The number of carbonyl (C=O) groups excluding carboxylic acids is 1. The number of hydrogen-bond donors (Lipinski definition) is 3. The number of anilines is 2. The number of aromatic nitrogens is 2. The lowest BCUT2D eigenvalue weighted by Gasteiger charge is -2.35. The fourth-order valence-corrected chi connectivity index (χ4v) is 4.18. The molecule has 2 amide bonds. The molecule has 1 atom stereocenters. The summed E-state index contributed by atoms with van der Waals surface area (Å²) in [6.45, 7) is 0. The molecular formula is C25H18ClFN4O4. The first-order valence-corrected chi connectivity index (χ1v) is 10.1. The number of carbonyl (C=O) groups is 2. The van der Waals surface area contributed by atoms with Crippen LogP contribution in [0, 0.1) is 18.2 Å². The Morgan fingerprint density at radius 2 is 1.94 bits per heavy atom. The summed E-state index contributed by atoms with van der Waals surface area (Å²) in [4.78, 5) is 34.0. The Hall–Kier alpha value is -4.39. The largest absolute Gasteiger partial charge is 0.465 e. The molecule has 0 bridgehead atoms. The van der Waals surface area contributed by atoms with Crippen molar-refractivity contribution in [2.45, 2.75) is 5.72 Å². The number of carboxylic acid groups (broad SMARTS) is 1. The number of aromatic amines is 1. The van der Waals surface area contributed by atoms with E-state index in [1.54, 1.807) is 42.5 Å². The third kappa shape index (κ3) is 3.47. The van der Waals surface area contributed by atoms with Crippen LogP contribution in [0.2, 0.25) is 0 Å². The fraction of sp³-hybridized carbons (Fsp3) is 0.0800. The minimum absolute atomic E-state index is 0. The van der Waals surface area contributed by atoms with Crippen LogP contribution < -0.4 is 9.80 Å². The third-order valence-electron chi connectivity index (χ3n) is 5.90. The van der Waals surface area contributed by atoms with Crippen molar-refractivity contribution in [3.63, 3.8) is 0 Å². The number of nitrogens with zero attached hydrogens (tertiary/aromatic N) is 3. The first kappa shape index (κ1) is 23.8. The Kier molecular flexibility index (Phi) is 5.72. The molecule has 10 heteroatoms. The number of H-pyrrole nitrogens is 1. The maximum Gasteiger partial charge on any atom is 0.413 e. The fourth-order valence-electron chi connectivity index (χ4n) is 4.18. The summed E-state index contributed by atoms with van der Waals surface area (Å²) >= 11 is 0. The normalized spacial score (nSPS) is 16.5. The van der Waals surface area contributed by atoms with Crippen molar-refractivity contribution in [3.8, 4) is 12.3 Å². The summed E-state index contributed by atoms with van der Waals surface area (Å²) in [5.74, 6) is 1.25. The molecule has 2 heterocycles. The van der Waals surface area contributed by atoms with Crippen LogP contribution in [-0.4, -0.2) is 39.2 Å². The number of halogens is 2. The van der Waals surface area contributed by atoms with Gasteiger partial charge in [0.05, 0.1) is 16.6 Å². The van der Waals surface area contributed by atoms with Gasteiger partial charge in [0.1, 0.15) is 5.82 Å². The van der Waals surface area contributed by atoms with Gasteiger partial charge in [-0.05, 0) is 36.4 Å². The SMILES string of the molecule is C#Cc1cc(N2C(=O)c3ccccc3C2(O)c2ccc3nc(N(C)C(=O)O)[nH]c3c2)ccc1F.Cl. The van der Waals surface area contributed by atoms with Crippen LogP contribution in [0.4, 0.5) is 20.8 Å². The molecule has 3 N–H and O–H groups in total. The zero-order chi connectivity index (χ0) is 24.2. The van der Waals surface area contributed by atoms with E-state index < -0.39 is 23.5 Å². The van der Waals surface area contributed by atoms with Gasteiger partial charge < -0.3 is 15.2 Å². The van der Waals surface area contributed by atoms with Crippen LogP contribution in [0.3, 0.4) is 0 Å². The van der Waals surface area contributed by atoms with Crippen molar-refractivity contribution in [2.75, 3.05) is 16.8 Å². The second-order valence-electron chi connectivity index (χ2n) is 7.80. The first-order chi connectivity index (χ1) is 16.3. The average Bonchev–Trinajstić information content (AvgIpc) is 3.36. The first-order valence-electron chi connectivity index (χ1n) is 10.1. The van der Waals surface area contributed by atoms with E-state index in [0.29, 0.717) is 22.2 Å². The van der Waals surface area contributed by atoms with Crippen LogP contribution in [0.15, 0.2) is 60.7 Å². The predicted octanol–water partition coefficient (Wildman–Crippen LogP) is 4.07. The van der Waals surface area contributed by atoms with Gasteiger partial charge in [-0.2, -0.15) is 0 Å². The van der Waals surface area contributed by atoms with Crippen molar-refractivity contribution in [1.82, 2.24) is 9.97 Å². The van der Waals surface area contributed by atoms with E-state index in [1.165, 1.54) is 24.1 Å². The van der Waals surface area contributed by atoms with Crippen molar-refractivity contribution in [1.29, 1.82) is 0 Å². The number of benzene rings is 3. The maximum absolute atomic E-state index is 14.1. The van der Waals surface area contributed by atoms with E-state index >= 15 is 0 Å². The molecule has 0 saturated carbocycles. The summed E-state index contributed by atoms with van der Waals surface area (Å²) < 4.78 is 14.1. The van der Waals surface area contributed by atoms with E-state index in [4.69, 9.17) is 6.42 Å². The zero-order valence-electron chi connectivity index (χ0n) is 18.2. The summed E-state index contributed by atoms with van der Waals surface area (Å²) in [6.07, 6.45) is 4.22. The summed E-state index contributed by atoms with van der Waals surface area (Å²) in [5, 5.41) is 21.3. The minimum Gasteiger partial charge on any atom is -0.465 e. The van der Waals surface area contributed by atoms with Crippen molar-refractivity contribution in [2.24, 2.45) is 0 Å². The monoisotopic (exact) mass is 492 g/mol. The van der Waals surface area contributed by atoms with E-state index in [1.807, 2.05) is 0 Å². The van der Waals surface area contributed by atoms with Gasteiger partial charge in [0.25, 0.3) is 5.91 Å². The molecule has 4 aromatic rings. The molecule has 0 radical (unpaired) electrons. The molecule has 1 unspecified atom stereocenters. The van der Waals surface area contributed by atoms with Gasteiger partial charge >= 0.3 is 6.09 Å². The number of terminal acetylenes is 1. The van der Waals surface area contributed by atoms with Gasteiger partial charge in [-0.3, -0.25) is 14.6 Å². The Labute approximate surface area is 205 Å². The lowest BCUT2D eigenvalue weighted by Crippen LogP contribution is -2.45. The number of hydrogen-bond acceptors (Lipinski definition) is 4. The van der Waals surface area contributed by atoms with Gasteiger partial charge in [-0.25, -0.2) is 14.2 Å². The maximum atomic E-state index is 14.1. The number of fused-ring (bicyclic) bond motifs is 2. The second kappa shape index (κ2) is 8.43. The topological polar surface area (TPSA) is 110 Å². The second-order valence-corrected chi connectivity index (χ2v) is 7.80. The third-order valence-corrected chi connectivity index (χ3v) is 5.90. The van der Waals surface area contributed by atoms with E-state index in [-0.39, 0.29) is 35.2 Å². The van der Waals surface area contributed by atoms with Crippen LogP contribution in [0.5, 0.6) is 0 Å². The Morgan fingerprint density at radius 3 is 2.66 bits per heavy atom. The molecule has 0 saturated heterocycles. The molecule has 8 nitrogen and oxygen atoms in total. The number of nitrogens with one attached hydrogen (secondary N) is 1. The molecule has 1 aromatic heterocycles. The number of aliphatic hydroxyl groups is 1. The van der Waals surface area contributed by atoms with Crippen LogP contribution in [0.1, 0.15) is 27.0 Å². The highest BCUT2D eigenvalue weighted by molar-refractivity contribution is 6.12. The predicted molar refractivity (Wildman–Crippen MR) is 130 cm³/mol. The van der Waals surface area contributed by atoms with Gasteiger partial charge in [-0.1, -0.05) is 30.2 Å². The minimum atomic E-state index is -1.95. The summed E-state index contributed by atoms with van der Waals surface area (Å²) in [7, 11) is 1.35. The zero-order valence-corrected chi connectivity index (χ0v) is 19.0. The average molecular weight is 493 g/mol. The highest BCUT2D eigenvalue weighted by Gasteiger charge is 2.50. The summed E-state index contributed by atoms with van der Waals surface area (Å²) in [6, 6.07) is 15.3. The quantitative estimate of drug-likeness (QED) is 0.373. The van der Waals surface area contributed by atoms with Crippen LogP contribution >= 0.6 is 12.4 Å². The van der Waals surface area contributed by atoms with Crippen LogP contribution in [-0.2, 0) is 5.72 Å². The van der Waals surface area contributed by atoms with Crippen molar-refractivity contribution < 1.29 is 24.2 Å². The molecule has 176 valence electrons.